The quantitative estimate of drug-likeness (QED) is 0.0636. The summed E-state index contributed by atoms with van der Waals surface area (Å²) in [5, 5.41) is 6.25. The first-order valence-corrected chi connectivity index (χ1v) is 22.1. The Hall–Kier alpha value is -6.39. The molecular formula is C53H60N4O6. The van der Waals surface area contributed by atoms with E-state index in [2.05, 4.69) is 92.9 Å². The van der Waals surface area contributed by atoms with E-state index in [9.17, 15) is 14.4 Å². The number of nitrogens with one attached hydrogen (secondary N) is 3. The first-order valence-electron chi connectivity index (χ1n) is 22.1. The molecule has 0 radical (unpaired) electrons. The number of nitrogens with zero attached hydrogens (tertiary/aromatic N) is 1. The minimum absolute atomic E-state index is 0.0579. The second-order valence-electron chi connectivity index (χ2n) is 17.3. The van der Waals surface area contributed by atoms with Crippen molar-refractivity contribution in [3.8, 4) is 0 Å². The van der Waals surface area contributed by atoms with E-state index in [4.69, 9.17) is 9.47 Å². The van der Waals surface area contributed by atoms with E-state index in [0.717, 1.165) is 73.7 Å². The number of hydrogen-bond donors (Lipinski definition) is 3. The minimum atomic E-state index is -0.573. The Morgan fingerprint density at radius 3 is 1.84 bits per heavy atom. The van der Waals surface area contributed by atoms with Gasteiger partial charge in [-0.15, -0.1) is 0 Å². The number of methoxy groups -OCH3 is 2. The Kier molecular flexibility index (Phi) is 14.6. The first kappa shape index (κ1) is 44.7. The van der Waals surface area contributed by atoms with E-state index in [1.807, 2.05) is 56.1 Å². The maximum Gasteiger partial charge on any atom is 0.410 e. The van der Waals surface area contributed by atoms with Gasteiger partial charge in [0.1, 0.15) is 5.60 Å². The molecule has 2 aliphatic rings. The van der Waals surface area contributed by atoms with Gasteiger partial charge in [0.2, 0.25) is 0 Å². The van der Waals surface area contributed by atoms with Crippen LogP contribution in [0.5, 0.6) is 0 Å². The summed E-state index contributed by atoms with van der Waals surface area (Å²) in [6.07, 6.45) is 18.3. The normalized spacial score (nSPS) is 16.0. The lowest BCUT2D eigenvalue weighted by Crippen LogP contribution is -2.41. The summed E-state index contributed by atoms with van der Waals surface area (Å²) in [7, 11) is 2.76. The van der Waals surface area contributed by atoms with Crippen LogP contribution in [0.4, 0.5) is 4.79 Å². The molecule has 10 heteroatoms. The number of fused-ring (bicyclic) bond motifs is 4. The van der Waals surface area contributed by atoms with Crippen molar-refractivity contribution < 1.29 is 28.6 Å². The molecule has 328 valence electrons. The molecule has 0 bridgehead atoms. The summed E-state index contributed by atoms with van der Waals surface area (Å²) >= 11 is 0. The van der Waals surface area contributed by atoms with Gasteiger partial charge in [0.25, 0.3) is 0 Å². The van der Waals surface area contributed by atoms with Crippen LogP contribution in [0.15, 0.2) is 109 Å². The molecule has 2 aromatic heterocycles. The van der Waals surface area contributed by atoms with Crippen molar-refractivity contribution in [3.63, 3.8) is 0 Å². The molecule has 0 saturated heterocycles. The van der Waals surface area contributed by atoms with Gasteiger partial charge < -0.3 is 34.4 Å². The third-order valence-corrected chi connectivity index (χ3v) is 11.9. The number of carbonyl (C=O) groups excluding carboxylic acids is 3. The number of para-hydroxylation sites is 2. The summed E-state index contributed by atoms with van der Waals surface area (Å²) in [5.74, 6) is -0.705. The van der Waals surface area contributed by atoms with E-state index < -0.39 is 5.60 Å². The molecule has 0 fully saturated rings. The van der Waals surface area contributed by atoms with Crippen LogP contribution >= 0.6 is 0 Å². The average Bonchev–Trinajstić information content (AvgIpc) is 3.91. The number of benzene rings is 4. The van der Waals surface area contributed by atoms with Crippen LogP contribution < -0.4 is 5.32 Å². The molecule has 4 aromatic carbocycles. The van der Waals surface area contributed by atoms with Gasteiger partial charge in [-0.25, -0.2) is 14.4 Å². The Balaban J connectivity index is 0.000000193. The Bertz CT molecular complexity index is 2590. The summed E-state index contributed by atoms with van der Waals surface area (Å²) in [5.41, 5.74) is 11.4. The van der Waals surface area contributed by atoms with Crippen molar-refractivity contribution in [1.29, 1.82) is 0 Å². The Labute approximate surface area is 370 Å². The van der Waals surface area contributed by atoms with Crippen LogP contribution in [-0.2, 0) is 49.5 Å². The number of carbonyl (C=O) groups is 3. The molecule has 1 amide bonds. The lowest BCUT2D eigenvalue weighted by Gasteiger charge is -2.37. The number of H-pyrrole nitrogens is 2. The molecule has 0 saturated carbocycles. The Morgan fingerprint density at radius 2 is 1.25 bits per heavy atom. The van der Waals surface area contributed by atoms with E-state index in [1.54, 1.807) is 6.08 Å². The van der Waals surface area contributed by atoms with Crippen molar-refractivity contribution in [2.75, 3.05) is 27.3 Å². The molecular weight excluding hydrogens is 789 g/mol. The van der Waals surface area contributed by atoms with Gasteiger partial charge in [-0.1, -0.05) is 72.8 Å². The number of aromatic nitrogens is 2. The zero-order valence-electron chi connectivity index (χ0n) is 37.2. The molecule has 2 heterocycles. The lowest BCUT2D eigenvalue weighted by atomic mass is 9.85. The van der Waals surface area contributed by atoms with Crippen LogP contribution in [0.2, 0.25) is 0 Å². The highest BCUT2D eigenvalue weighted by molar-refractivity contribution is 5.88. The number of aryl methyl sites for hydroxylation is 2. The van der Waals surface area contributed by atoms with Gasteiger partial charge in [0.15, 0.2) is 0 Å². The molecule has 0 aliphatic heterocycles. The fourth-order valence-electron chi connectivity index (χ4n) is 8.84. The van der Waals surface area contributed by atoms with Crippen molar-refractivity contribution in [3.05, 3.63) is 154 Å². The average molecular weight is 849 g/mol. The van der Waals surface area contributed by atoms with Crippen molar-refractivity contribution >= 4 is 52.0 Å². The van der Waals surface area contributed by atoms with Crippen molar-refractivity contribution in [2.45, 2.75) is 89.8 Å². The fraction of sp³-hybridized carbons (Fsp3) is 0.340. The summed E-state index contributed by atoms with van der Waals surface area (Å²) < 4.78 is 15.2. The molecule has 2 aliphatic carbocycles. The fourth-order valence-corrected chi connectivity index (χ4v) is 8.84. The van der Waals surface area contributed by atoms with Crippen LogP contribution in [0.3, 0.4) is 0 Å². The van der Waals surface area contributed by atoms with Crippen molar-refractivity contribution in [2.24, 2.45) is 0 Å². The highest BCUT2D eigenvalue weighted by Gasteiger charge is 2.32. The maximum atomic E-state index is 13.4. The third-order valence-electron chi connectivity index (χ3n) is 11.9. The van der Waals surface area contributed by atoms with Gasteiger partial charge in [0, 0.05) is 58.9 Å². The molecule has 2 unspecified atom stereocenters. The zero-order chi connectivity index (χ0) is 44.3. The summed E-state index contributed by atoms with van der Waals surface area (Å²) in [6.45, 7) is 7.22. The number of amides is 1. The zero-order valence-corrected chi connectivity index (χ0v) is 37.2. The van der Waals surface area contributed by atoms with E-state index in [0.29, 0.717) is 12.6 Å². The van der Waals surface area contributed by atoms with E-state index in [1.165, 1.54) is 76.9 Å². The van der Waals surface area contributed by atoms with Crippen LogP contribution in [0, 0.1) is 0 Å². The van der Waals surface area contributed by atoms with Gasteiger partial charge in [0.05, 0.1) is 20.3 Å². The van der Waals surface area contributed by atoms with Crippen LogP contribution in [0.25, 0.3) is 34.0 Å². The van der Waals surface area contributed by atoms with Crippen LogP contribution in [-0.4, -0.2) is 65.8 Å². The summed E-state index contributed by atoms with van der Waals surface area (Å²) in [6, 6.07) is 29.7. The summed E-state index contributed by atoms with van der Waals surface area (Å²) in [4.78, 5) is 44.8. The predicted molar refractivity (Wildman–Crippen MR) is 251 cm³/mol. The molecule has 63 heavy (non-hydrogen) atoms. The minimum Gasteiger partial charge on any atom is -0.466 e. The molecule has 8 rings (SSSR count). The third kappa shape index (κ3) is 11.6. The Morgan fingerprint density at radius 1 is 0.714 bits per heavy atom. The van der Waals surface area contributed by atoms with E-state index in [-0.39, 0.29) is 24.1 Å². The van der Waals surface area contributed by atoms with Gasteiger partial charge in [-0.2, -0.15) is 0 Å². The largest absolute Gasteiger partial charge is 0.466 e. The van der Waals surface area contributed by atoms with Gasteiger partial charge in [-0.3, -0.25) is 0 Å². The van der Waals surface area contributed by atoms with Crippen molar-refractivity contribution in [1.82, 2.24) is 20.2 Å². The molecule has 3 N–H and O–H groups in total. The standard InChI is InChI=1S/C29H34N2O4.C24H26N2O2/c1-29(2,3)35-28(33)31(17-16-22-19-30-25-10-6-5-9-23(22)25)26-11-7-8-21-18-20(12-14-24(21)26)13-15-27(32)34-4;1-28-24(27)12-10-17-9-11-21-18(15-17)5-4-8-22(21)25-14-13-19-16-26-23-7-3-2-6-20(19)23/h5-6,9-10,12-15,18-19,26,30H,7-8,11,16-17H2,1-4H3;2-3,6-7,9-12,15-16,22,25-26H,4-5,8,13-14H2,1H3/b15-13+;12-10+. The van der Waals surface area contributed by atoms with Gasteiger partial charge >= 0.3 is 18.0 Å². The smallest absolute Gasteiger partial charge is 0.410 e. The SMILES string of the molecule is COC(=O)/C=C/c1ccc2c(c1)CCCC2N(CCc1c[nH]c2ccccc12)C(=O)OC(C)(C)C.COC(=O)/C=C/c1ccc2c(c1)CCCC2NCCc1c[nH]c2ccccc12. The maximum absolute atomic E-state index is 13.4. The first-order chi connectivity index (χ1) is 30.5. The topological polar surface area (TPSA) is 126 Å². The number of esters is 2. The highest BCUT2D eigenvalue weighted by atomic mass is 16.6. The number of aromatic amines is 2. The second kappa shape index (κ2) is 20.7. The molecule has 6 aromatic rings. The second-order valence-corrected chi connectivity index (χ2v) is 17.3. The van der Waals surface area contributed by atoms with E-state index >= 15 is 0 Å². The highest BCUT2D eigenvalue weighted by Crippen LogP contribution is 2.37. The van der Waals surface area contributed by atoms with Gasteiger partial charge in [-0.05, 0) is 147 Å². The number of ether oxygens (including phenoxy) is 3. The molecule has 2 atom stereocenters. The lowest BCUT2D eigenvalue weighted by molar-refractivity contribution is -0.135. The van der Waals surface area contributed by atoms with Crippen LogP contribution in [0.1, 0.15) is 103 Å². The molecule has 10 nitrogen and oxygen atoms in total. The number of rotatable bonds is 12. The molecule has 0 spiro atoms. The predicted octanol–water partition coefficient (Wildman–Crippen LogP) is 10.8. The monoisotopic (exact) mass is 848 g/mol. The number of hydrogen-bond acceptors (Lipinski definition) is 7.